The second-order valence-electron chi connectivity index (χ2n) is 2.62. The summed E-state index contributed by atoms with van der Waals surface area (Å²) in [6, 6.07) is 5.73. The maximum atomic E-state index is 11.2. The lowest BCUT2D eigenvalue weighted by atomic mass is 10.2. The van der Waals surface area contributed by atoms with E-state index < -0.39 is 11.9 Å². The van der Waals surface area contributed by atoms with Gasteiger partial charge in [-0.25, -0.2) is 4.79 Å². The molecule has 0 N–H and O–H groups in total. The van der Waals surface area contributed by atoms with Gasteiger partial charge in [0.2, 0.25) is 0 Å². The van der Waals surface area contributed by atoms with Crippen LogP contribution in [0.3, 0.4) is 0 Å². The molecule has 0 aliphatic heterocycles. The van der Waals surface area contributed by atoms with Crippen LogP contribution in [-0.2, 0) is 9.53 Å². The Bertz CT molecular complexity index is 432. The van der Waals surface area contributed by atoms with Crippen molar-refractivity contribution >= 4 is 17.6 Å². The number of ether oxygens (including phenoxy) is 1. The number of carbonyl (C=O) groups is 2. The van der Waals surface area contributed by atoms with E-state index in [0.29, 0.717) is 5.69 Å². The highest BCUT2D eigenvalue weighted by Gasteiger charge is 2.08. The van der Waals surface area contributed by atoms with Crippen molar-refractivity contribution in [3.63, 3.8) is 0 Å². The molecule has 0 spiro atoms. The normalized spacial score (nSPS) is 8.87. The maximum Gasteiger partial charge on any atom is 0.345 e. The van der Waals surface area contributed by atoms with E-state index in [1.165, 1.54) is 24.3 Å². The number of esters is 2. The van der Waals surface area contributed by atoms with E-state index in [4.69, 9.17) is 5.53 Å². The van der Waals surface area contributed by atoms with Gasteiger partial charge in [-0.1, -0.05) is 17.2 Å². The quantitative estimate of drug-likeness (QED) is 0.244. The fraction of sp³-hybridized carbons (Fsp3) is 0.111. The first kappa shape index (κ1) is 10.7. The van der Waals surface area contributed by atoms with Crippen LogP contribution in [0.25, 0.3) is 10.4 Å². The molecule has 6 nitrogen and oxygen atoms in total. The average Bonchev–Trinajstić information content (AvgIpc) is 2.18. The Morgan fingerprint density at radius 3 is 2.40 bits per heavy atom. The lowest BCUT2D eigenvalue weighted by Gasteiger charge is -1.99. The van der Waals surface area contributed by atoms with E-state index in [2.05, 4.69) is 14.8 Å². The fourth-order valence-electron chi connectivity index (χ4n) is 0.905. The largest absolute Gasteiger partial charge is 0.390 e. The second kappa shape index (κ2) is 4.78. The maximum absolute atomic E-state index is 11.2. The molecular weight excluding hydrogens is 198 g/mol. The number of carbonyl (C=O) groups excluding carboxylic acids is 2. The van der Waals surface area contributed by atoms with Crippen molar-refractivity contribution in [1.82, 2.24) is 0 Å². The van der Waals surface area contributed by atoms with Crippen LogP contribution in [0.1, 0.15) is 17.3 Å². The van der Waals surface area contributed by atoms with Crippen LogP contribution in [-0.4, -0.2) is 11.9 Å². The van der Waals surface area contributed by atoms with E-state index in [1.807, 2.05) is 0 Å². The number of benzene rings is 1. The van der Waals surface area contributed by atoms with Crippen LogP contribution in [0.15, 0.2) is 29.4 Å². The van der Waals surface area contributed by atoms with E-state index in [1.54, 1.807) is 0 Å². The molecule has 0 aliphatic rings. The minimum atomic E-state index is -0.727. The summed E-state index contributed by atoms with van der Waals surface area (Å²) in [5.74, 6) is -1.39. The third kappa shape index (κ3) is 3.13. The van der Waals surface area contributed by atoms with Crippen LogP contribution < -0.4 is 0 Å². The van der Waals surface area contributed by atoms with Crippen molar-refractivity contribution < 1.29 is 14.3 Å². The number of hydrogen-bond acceptors (Lipinski definition) is 4. The number of rotatable bonds is 2. The molecule has 0 heterocycles. The Balaban J connectivity index is 2.84. The molecule has 1 aromatic rings. The Labute approximate surface area is 85.1 Å². The van der Waals surface area contributed by atoms with Gasteiger partial charge in [-0.15, -0.1) is 0 Å². The van der Waals surface area contributed by atoms with Crippen LogP contribution in [0.2, 0.25) is 0 Å². The lowest BCUT2D eigenvalue weighted by Crippen LogP contribution is -2.08. The molecule has 6 heteroatoms. The molecule has 0 atom stereocenters. The van der Waals surface area contributed by atoms with E-state index in [9.17, 15) is 9.59 Å². The third-order valence-corrected chi connectivity index (χ3v) is 1.50. The molecule has 0 aliphatic carbocycles. The molecular formula is C9H7N3O3. The molecule has 0 amide bonds. The molecule has 1 aromatic carbocycles. The molecule has 0 fully saturated rings. The number of nitrogens with zero attached hydrogens (tertiary/aromatic N) is 3. The van der Waals surface area contributed by atoms with Gasteiger partial charge in [0.15, 0.2) is 0 Å². The Morgan fingerprint density at radius 2 is 1.93 bits per heavy atom. The van der Waals surface area contributed by atoms with Crippen molar-refractivity contribution in [3.05, 3.63) is 40.3 Å². The molecule has 0 saturated carbocycles. The minimum Gasteiger partial charge on any atom is -0.390 e. The molecule has 15 heavy (non-hydrogen) atoms. The van der Waals surface area contributed by atoms with Gasteiger partial charge in [-0.05, 0) is 17.7 Å². The van der Waals surface area contributed by atoms with E-state index in [0.717, 1.165) is 6.92 Å². The first-order chi connectivity index (χ1) is 7.13. The SMILES string of the molecule is CC(=O)OC(=O)c1ccc(N=[N+]=[N-])cc1. The summed E-state index contributed by atoms with van der Waals surface area (Å²) < 4.78 is 4.35. The summed E-state index contributed by atoms with van der Waals surface area (Å²) in [4.78, 5) is 24.2. The van der Waals surface area contributed by atoms with Crippen LogP contribution >= 0.6 is 0 Å². The van der Waals surface area contributed by atoms with Gasteiger partial charge in [-0.3, -0.25) is 4.79 Å². The predicted octanol–water partition coefficient (Wildman–Crippen LogP) is 2.33. The Morgan fingerprint density at radius 1 is 1.33 bits per heavy atom. The lowest BCUT2D eigenvalue weighted by molar-refractivity contribution is -0.135. The van der Waals surface area contributed by atoms with Gasteiger partial charge in [0.1, 0.15) is 0 Å². The number of hydrogen-bond donors (Lipinski definition) is 0. The zero-order valence-corrected chi connectivity index (χ0v) is 7.88. The van der Waals surface area contributed by atoms with Crippen molar-refractivity contribution in [1.29, 1.82) is 0 Å². The summed E-state index contributed by atoms with van der Waals surface area (Å²) in [6.07, 6.45) is 0. The molecule has 0 bridgehead atoms. The summed E-state index contributed by atoms with van der Waals surface area (Å²) in [5.41, 5.74) is 8.75. The Hall–Kier alpha value is -2.33. The zero-order chi connectivity index (χ0) is 11.3. The van der Waals surface area contributed by atoms with Crippen molar-refractivity contribution in [3.8, 4) is 0 Å². The van der Waals surface area contributed by atoms with Crippen molar-refractivity contribution in [2.24, 2.45) is 5.11 Å². The third-order valence-electron chi connectivity index (χ3n) is 1.50. The molecule has 0 aromatic heterocycles. The number of azide groups is 1. The highest BCUT2D eigenvalue weighted by atomic mass is 16.6. The van der Waals surface area contributed by atoms with Gasteiger partial charge < -0.3 is 4.74 Å². The van der Waals surface area contributed by atoms with Gasteiger partial charge in [0.05, 0.1) is 5.56 Å². The van der Waals surface area contributed by atoms with Gasteiger partial charge in [-0.2, -0.15) is 0 Å². The first-order valence-corrected chi connectivity index (χ1v) is 4.01. The van der Waals surface area contributed by atoms with Crippen LogP contribution in [0, 0.1) is 0 Å². The monoisotopic (exact) mass is 205 g/mol. The average molecular weight is 205 g/mol. The minimum absolute atomic E-state index is 0.224. The topological polar surface area (TPSA) is 92.1 Å². The standard InChI is InChI=1S/C9H7N3O3/c1-6(13)15-9(14)7-2-4-8(5-3-7)11-12-10/h2-5H,1H3. The Kier molecular flexibility index (Phi) is 3.43. The summed E-state index contributed by atoms with van der Waals surface area (Å²) in [5, 5.41) is 3.33. The van der Waals surface area contributed by atoms with Crippen molar-refractivity contribution in [2.75, 3.05) is 0 Å². The predicted molar refractivity (Wildman–Crippen MR) is 51.3 cm³/mol. The smallest absolute Gasteiger partial charge is 0.345 e. The van der Waals surface area contributed by atoms with Gasteiger partial charge >= 0.3 is 11.9 Å². The molecule has 0 saturated heterocycles. The summed E-state index contributed by atoms with van der Waals surface area (Å²) >= 11 is 0. The van der Waals surface area contributed by atoms with Crippen LogP contribution in [0.4, 0.5) is 5.69 Å². The highest BCUT2D eigenvalue weighted by molar-refractivity contribution is 5.96. The van der Waals surface area contributed by atoms with Gasteiger partial charge in [0, 0.05) is 17.5 Å². The zero-order valence-electron chi connectivity index (χ0n) is 7.88. The second-order valence-corrected chi connectivity index (χ2v) is 2.62. The summed E-state index contributed by atoms with van der Waals surface area (Å²) in [7, 11) is 0. The molecule has 0 radical (unpaired) electrons. The van der Waals surface area contributed by atoms with E-state index >= 15 is 0 Å². The van der Waals surface area contributed by atoms with Crippen molar-refractivity contribution in [2.45, 2.75) is 6.92 Å². The first-order valence-electron chi connectivity index (χ1n) is 4.01. The fourth-order valence-corrected chi connectivity index (χ4v) is 0.905. The molecule has 0 unspecified atom stereocenters. The highest BCUT2D eigenvalue weighted by Crippen LogP contribution is 2.13. The van der Waals surface area contributed by atoms with Crippen LogP contribution in [0.5, 0.6) is 0 Å². The molecule has 76 valence electrons. The van der Waals surface area contributed by atoms with Gasteiger partial charge in [0.25, 0.3) is 0 Å². The summed E-state index contributed by atoms with van der Waals surface area (Å²) in [6.45, 7) is 1.15. The van der Waals surface area contributed by atoms with E-state index in [-0.39, 0.29) is 5.56 Å². The molecule has 1 rings (SSSR count).